The van der Waals surface area contributed by atoms with Crippen LogP contribution in [0.5, 0.6) is 5.75 Å². The highest BCUT2D eigenvalue weighted by Gasteiger charge is 2.51. The highest BCUT2D eigenvalue weighted by molar-refractivity contribution is 5.84. The summed E-state index contributed by atoms with van der Waals surface area (Å²) >= 11 is 0. The molecule has 1 aliphatic carbocycles. The summed E-state index contributed by atoms with van der Waals surface area (Å²) in [5, 5.41) is 3.47. The van der Waals surface area contributed by atoms with E-state index in [-0.39, 0.29) is 17.3 Å². The molecule has 0 bridgehead atoms. The molecular weight excluding hydrogens is 319 g/mol. The fourth-order valence-corrected chi connectivity index (χ4v) is 4.87. The van der Waals surface area contributed by atoms with Gasteiger partial charge in [0.1, 0.15) is 17.7 Å². The van der Waals surface area contributed by atoms with E-state index in [1.807, 2.05) is 0 Å². The van der Waals surface area contributed by atoms with Crippen molar-refractivity contribution in [2.24, 2.45) is 11.3 Å². The molecule has 0 spiro atoms. The van der Waals surface area contributed by atoms with Crippen molar-refractivity contribution in [2.75, 3.05) is 26.2 Å². The molecule has 1 saturated carbocycles. The van der Waals surface area contributed by atoms with Gasteiger partial charge in [-0.1, -0.05) is 12.8 Å². The summed E-state index contributed by atoms with van der Waals surface area (Å²) in [6.45, 7) is 3.37. The molecule has 3 fully saturated rings. The van der Waals surface area contributed by atoms with Crippen LogP contribution >= 0.6 is 0 Å². The number of nitrogens with zero attached hydrogens (tertiary/aromatic N) is 1. The van der Waals surface area contributed by atoms with Crippen molar-refractivity contribution in [3.05, 3.63) is 30.1 Å². The third-order valence-corrected chi connectivity index (χ3v) is 6.31. The highest BCUT2D eigenvalue weighted by Crippen LogP contribution is 2.45. The Kier molecular flexibility index (Phi) is 4.67. The van der Waals surface area contributed by atoms with Gasteiger partial charge >= 0.3 is 0 Å². The average molecular weight is 346 g/mol. The predicted octanol–water partition coefficient (Wildman–Crippen LogP) is 2.98. The van der Waals surface area contributed by atoms with Gasteiger partial charge in [0.05, 0.1) is 5.41 Å². The molecule has 0 unspecified atom stereocenters. The van der Waals surface area contributed by atoms with Crippen LogP contribution in [0, 0.1) is 17.2 Å². The van der Waals surface area contributed by atoms with E-state index in [0.717, 1.165) is 45.4 Å². The summed E-state index contributed by atoms with van der Waals surface area (Å²) in [7, 11) is 0. The SMILES string of the molecule is O=C(N1CCC(Oc2ccc(F)cc2)CC1)[C@@]12CCCC[C@H]1CNC2. The molecule has 1 amide bonds. The Labute approximate surface area is 148 Å². The lowest BCUT2D eigenvalue weighted by molar-refractivity contribution is -0.147. The van der Waals surface area contributed by atoms with E-state index in [4.69, 9.17) is 4.74 Å². The van der Waals surface area contributed by atoms with Gasteiger partial charge in [0, 0.05) is 32.5 Å². The van der Waals surface area contributed by atoms with E-state index >= 15 is 0 Å². The molecule has 0 radical (unpaired) electrons. The minimum absolute atomic E-state index is 0.107. The Morgan fingerprint density at radius 3 is 2.68 bits per heavy atom. The second-order valence-electron chi connectivity index (χ2n) is 7.79. The molecule has 2 heterocycles. The number of halogens is 1. The summed E-state index contributed by atoms with van der Waals surface area (Å²) < 4.78 is 18.9. The second-order valence-corrected chi connectivity index (χ2v) is 7.79. The molecule has 2 saturated heterocycles. The third kappa shape index (κ3) is 3.26. The number of rotatable bonds is 3. The van der Waals surface area contributed by atoms with E-state index in [1.165, 1.54) is 31.4 Å². The van der Waals surface area contributed by atoms with Crippen LogP contribution in [0.4, 0.5) is 4.39 Å². The van der Waals surface area contributed by atoms with Gasteiger partial charge in [-0.25, -0.2) is 4.39 Å². The maximum atomic E-state index is 13.3. The van der Waals surface area contributed by atoms with Crippen LogP contribution in [0.1, 0.15) is 38.5 Å². The van der Waals surface area contributed by atoms with Crippen LogP contribution in [0.3, 0.4) is 0 Å². The summed E-state index contributed by atoms with van der Waals surface area (Å²) in [6, 6.07) is 6.18. The fraction of sp³-hybridized carbons (Fsp3) is 0.650. The zero-order valence-electron chi connectivity index (χ0n) is 14.7. The zero-order chi connectivity index (χ0) is 17.3. The van der Waals surface area contributed by atoms with Gasteiger partial charge in [-0.2, -0.15) is 0 Å². The lowest BCUT2D eigenvalue weighted by Crippen LogP contribution is -2.52. The first-order valence-corrected chi connectivity index (χ1v) is 9.60. The van der Waals surface area contributed by atoms with Gasteiger partial charge in [-0.3, -0.25) is 4.79 Å². The molecule has 136 valence electrons. The third-order valence-electron chi connectivity index (χ3n) is 6.31. The largest absolute Gasteiger partial charge is 0.490 e. The number of likely N-dealkylation sites (tertiary alicyclic amines) is 1. The number of ether oxygens (including phenoxy) is 1. The Morgan fingerprint density at radius 2 is 1.92 bits per heavy atom. The van der Waals surface area contributed by atoms with Gasteiger partial charge in [-0.15, -0.1) is 0 Å². The van der Waals surface area contributed by atoms with Crippen molar-refractivity contribution in [1.29, 1.82) is 0 Å². The van der Waals surface area contributed by atoms with Crippen molar-refractivity contribution >= 4 is 5.91 Å². The van der Waals surface area contributed by atoms with Gasteiger partial charge < -0.3 is 15.0 Å². The monoisotopic (exact) mass is 346 g/mol. The van der Waals surface area contributed by atoms with E-state index in [0.29, 0.717) is 17.6 Å². The van der Waals surface area contributed by atoms with Gasteiger partial charge in [0.2, 0.25) is 5.91 Å². The summed E-state index contributed by atoms with van der Waals surface area (Å²) in [5.74, 6) is 1.33. The zero-order valence-corrected chi connectivity index (χ0v) is 14.7. The van der Waals surface area contributed by atoms with Crippen molar-refractivity contribution in [3.63, 3.8) is 0 Å². The lowest BCUT2D eigenvalue weighted by atomic mass is 9.67. The van der Waals surface area contributed by atoms with Crippen LogP contribution in [0.15, 0.2) is 24.3 Å². The van der Waals surface area contributed by atoms with Crippen LogP contribution in [0.2, 0.25) is 0 Å². The first-order chi connectivity index (χ1) is 12.2. The van der Waals surface area contributed by atoms with Crippen molar-refractivity contribution in [2.45, 2.75) is 44.6 Å². The minimum atomic E-state index is -0.251. The number of fused-ring (bicyclic) bond motifs is 1. The molecule has 5 heteroatoms. The number of carbonyl (C=O) groups excluding carboxylic acids is 1. The van der Waals surface area contributed by atoms with Crippen LogP contribution in [-0.2, 0) is 4.79 Å². The number of hydrogen-bond acceptors (Lipinski definition) is 3. The maximum absolute atomic E-state index is 13.3. The molecule has 3 aliphatic rings. The van der Waals surface area contributed by atoms with Crippen LogP contribution in [0.25, 0.3) is 0 Å². The standard InChI is InChI=1S/C20H27FN2O2/c21-16-4-6-17(7-5-16)25-18-8-11-23(12-9-18)19(24)20-10-2-1-3-15(20)13-22-14-20/h4-7,15,18,22H,1-3,8-14H2/t15-,20+/m0/s1. The van der Waals surface area contributed by atoms with Gasteiger partial charge in [0.15, 0.2) is 0 Å². The smallest absolute Gasteiger partial charge is 0.230 e. The maximum Gasteiger partial charge on any atom is 0.230 e. The van der Waals surface area contributed by atoms with E-state index in [1.54, 1.807) is 12.1 Å². The molecule has 25 heavy (non-hydrogen) atoms. The van der Waals surface area contributed by atoms with Crippen molar-refractivity contribution < 1.29 is 13.9 Å². The van der Waals surface area contributed by atoms with Gasteiger partial charge in [-0.05, 0) is 49.6 Å². The normalized spacial score (nSPS) is 30.1. The lowest BCUT2D eigenvalue weighted by Gasteiger charge is -2.42. The Morgan fingerprint density at radius 1 is 1.16 bits per heavy atom. The number of hydrogen-bond donors (Lipinski definition) is 1. The van der Waals surface area contributed by atoms with E-state index in [9.17, 15) is 9.18 Å². The van der Waals surface area contributed by atoms with Crippen LogP contribution < -0.4 is 10.1 Å². The molecule has 4 rings (SSSR count). The summed E-state index contributed by atoms with van der Waals surface area (Å²) in [6.07, 6.45) is 6.45. The Balaban J connectivity index is 1.35. The average Bonchev–Trinajstić information content (AvgIpc) is 3.09. The first-order valence-electron chi connectivity index (χ1n) is 9.60. The molecular formula is C20H27FN2O2. The molecule has 2 atom stereocenters. The number of benzene rings is 1. The molecule has 1 aromatic carbocycles. The molecule has 4 nitrogen and oxygen atoms in total. The topological polar surface area (TPSA) is 41.6 Å². The number of carbonyl (C=O) groups is 1. The molecule has 1 aromatic rings. The number of piperidine rings is 1. The molecule has 2 aliphatic heterocycles. The number of nitrogens with one attached hydrogen (secondary N) is 1. The predicted molar refractivity (Wildman–Crippen MR) is 93.9 cm³/mol. The molecule has 1 N–H and O–H groups in total. The summed E-state index contributed by atoms with van der Waals surface area (Å²) in [5.41, 5.74) is -0.150. The van der Waals surface area contributed by atoms with Crippen molar-refractivity contribution in [3.8, 4) is 5.75 Å². The fourth-order valence-electron chi connectivity index (χ4n) is 4.87. The number of amides is 1. The van der Waals surface area contributed by atoms with Gasteiger partial charge in [0.25, 0.3) is 0 Å². The highest BCUT2D eigenvalue weighted by atomic mass is 19.1. The Bertz CT molecular complexity index is 613. The quantitative estimate of drug-likeness (QED) is 0.915. The Hall–Kier alpha value is -1.62. The van der Waals surface area contributed by atoms with Crippen LogP contribution in [-0.4, -0.2) is 43.1 Å². The first kappa shape index (κ1) is 16.8. The molecule has 0 aromatic heterocycles. The van der Waals surface area contributed by atoms with E-state index < -0.39 is 0 Å². The van der Waals surface area contributed by atoms with E-state index in [2.05, 4.69) is 10.2 Å². The minimum Gasteiger partial charge on any atom is -0.490 e. The second kappa shape index (κ2) is 6.94. The summed E-state index contributed by atoms with van der Waals surface area (Å²) in [4.78, 5) is 15.3. The van der Waals surface area contributed by atoms with Crippen molar-refractivity contribution in [1.82, 2.24) is 10.2 Å².